The van der Waals surface area contributed by atoms with Gasteiger partial charge >= 0.3 is 0 Å². The van der Waals surface area contributed by atoms with Crippen LogP contribution in [-0.2, 0) is 5.41 Å². The van der Waals surface area contributed by atoms with E-state index >= 15 is 0 Å². The summed E-state index contributed by atoms with van der Waals surface area (Å²) in [6, 6.07) is 40.2. The summed E-state index contributed by atoms with van der Waals surface area (Å²) in [5, 5.41) is 2.62. The largest absolute Gasteiger partial charge is 0.309 e. The van der Waals surface area contributed by atoms with Crippen molar-refractivity contribution < 1.29 is 0 Å². The molecule has 5 aromatic carbocycles. The van der Waals surface area contributed by atoms with Crippen LogP contribution < -0.4 is 0 Å². The summed E-state index contributed by atoms with van der Waals surface area (Å²) < 4.78 is 2.50. The van der Waals surface area contributed by atoms with Crippen molar-refractivity contribution >= 4 is 21.8 Å². The third-order valence-electron chi connectivity index (χ3n) is 7.81. The molecule has 0 spiro atoms. The normalized spacial score (nSPS) is 13.8. The number of hydrogen-bond donors (Lipinski definition) is 0. The Morgan fingerprint density at radius 1 is 0.600 bits per heavy atom. The van der Waals surface area contributed by atoms with E-state index in [1.54, 1.807) is 0 Å². The van der Waals surface area contributed by atoms with E-state index in [1.807, 2.05) is 0 Å². The Hall–Kier alpha value is -4.10. The highest BCUT2D eigenvalue weighted by atomic mass is 15.0. The highest BCUT2D eigenvalue weighted by molar-refractivity contribution is 6.13. The minimum Gasteiger partial charge on any atom is -0.309 e. The van der Waals surface area contributed by atoms with Crippen molar-refractivity contribution in [1.82, 2.24) is 4.57 Å². The molecule has 1 aliphatic rings. The number of nitrogens with zero attached hydrogens (tertiary/aromatic N) is 1. The van der Waals surface area contributed by atoms with Crippen LogP contribution in [0.15, 0.2) is 109 Å². The minimum atomic E-state index is -0.0777. The number of para-hydroxylation sites is 1. The first kappa shape index (κ1) is 20.3. The van der Waals surface area contributed by atoms with Gasteiger partial charge in [0.25, 0.3) is 0 Å². The molecule has 0 fully saturated rings. The maximum absolute atomic E-state index is 2.50. The van der Waals surface area contributed by atoms with Gasteiger partial charge in [-0.15, -0.1) is 0 Å². The summed E-state index contributed by atoms with van der Waals surface area (Å²) in [5.41, 5.74) is 13.0. The molecular weight excluding hydrogens is 422 g/mol. The van der Waals surface area contributed by atoms with Crippen LogP contribution in [0.4, 0.5) is 0 Å². The maximum Gasteiger partial charge on any atom is 0.0588 e. The monoisotopic (exact) mass is 449 g/mol. The van der Waals surface area contributed by atoms with E-state index in [9.17, 15) is 0 Å². The van der Waals surface area contributed by atoms with Crippen LogP contribution in [-0.4, -0.2) is 4.57 Å². The first-order valence-corrected chi connectivity index (χ1v) is 12.4. The number of aromatic nitrogens is 1. The Kier molecular flexibility index (Phi) is 4.17. The number of benzene rings is 5. The molecule has 0 atom stereocenters. The molecule has 1 aliphatic carbocycles. The average Bonchev–Trinajstić information content (AvgIpc) is 3.34. The third kappa shape index (κ3) is 2.82. The zero-order chi connectivity index (χ0) is 23.7. The van der Waals surface area contributed by atoms with Crippen molar-refractivity contribution in [2.24, 2.45) is 0 Å². The number of aryl methyl sites for hydroxylation is 1. The molecule has 7 rings (SSSR count). The van der Waals surface area contributed by atoms with Gasteiger partial charge in [-0.1, -0.05) is 110 Å². The fourth-order valence-corrected chi connectivity index (χ4v) is 6.23. The summed E-state index contributed by atoms with van der Waals surface area (Å²) in [5.74, 6) is 0. The molecule has 1 heterocycles. The standard InChI is InChI=1S/C34H27N/c1-22-10-8-11-23(20-22)24-12-9-13-25(21-24)35-31-17-7-5-15-27(31)29-19-18-28-26-14-4-6-16-30(26)34(2,3)32(28)33(29)35/h4-21H,1-3H3. The van der Waals surface area contributed by atoms with E-state index in [4.69, 9.17) is 0 Å². The van der Waals surface area contributed by atoms with Crippen LogP contribution >= 0.6 is 0 Å². The molecule has 0 aliphatic heterocycles. The summed E-state index contributed by atoms with van der Waals surface area (Å²) in [4.78, 5) is 0. The minimum absolute atomic E-state index is 0.0777. The molecule has 35 heavy (non-hydrogen) atoms. The number of hydrogen-bond acceptors (Lipinski definition) is 0. The Morgan fingerprint density at radius 2 is 1.34 bits per heavy atom. The first-order valence-electron chi connectivity index (χ1n) is 12.4. The van der Waals surface area contributed by atoms with Crippen molar-refractivity contribution in [3.8, 4) is 27.9 Å². The molecule has 0 saturated carbocycles. The zero-order valence-corrected chi connectivity index (χ0v) is 20.3. The third-order valence-corrected chi connectivity index (χ3v) is 7.81. The molecule has 1 aromatic heterocycles. The molecule has 0 bridgehead atoms. The van der Waals surface area contributed by atoms with Crippen molar-refractivity contribution in [3.63, 3.8) is 0 Å². The van der Waals surface area contributed by atoms with Gasteiger partial charge in [0.1, 0.15) is 0 Å². The van der Waals surface area contributed by atoms with Crippen molar-refractivity contribution in [2.75, 3.05) is 0 Å². The van der Waals surface area contributed by atoms with Gasteiger partial charge in [0.2, 0.25) is 0 Å². The van der Waals surface area contributed by atoms with E-state index in [2.05, 4.69) is 135 Å². The van der Waals surface area contributed by atoms with Gasteiger partial charge in [0.05, 0.1) is 11.0 Å². The molecule has 0 saturated heterocycles. The van der Waals surface area contributed by atoms with Gasteiger partial charge in [-0.3, -0.25) is 0 Å². The molecule has 1 nitrogen and oxygen atoms in total. The molecule has 168 valence electrons. The lowest BCUT2D eigenvalue weighted by atomic mass is 9.81. The van der Waals surface area contributed by atoms with Crippen molar-refractivity contribution in [2.45, 2.75) is 26.2 Å². The molecule has 0 unspecified atom stereocenters. The van der Waals surface area contributed by atoms with Crippen LogP contribution in [0.3, 0.4) is 0 Å². The summed E-state index contributed by atoms with van der Waals surface area (Å²) in [6.07, 6.45) is 0. The van der Waals surface area contributed by atoms with Gasteiger partial charge in [-0.2, -0.15) is 0 Å². The maximum atomic E-state index is 2.50. The van der Waals surface area contributed by atoms with Crippen molar-refractivity contribution in [1.29, 1.82) is 0 Å². The van der Waals surface area contributed by atoms with Crippen LogP contribution in [0, 0.1) is 6.92 Å². The first-order chi connectivity index (χ1) is 17.0. The lowest BCUT2D eigenvalue weighted by Crippen LogP contribution is -2.16. The fraction of sp³-hybridized carbons (Fsp3) is 0.118. The predicted octanol–water partition coefficient (Wildman–Crippen LogP) is 9.07. The van der Waals surface area contributed by atoms with Crippen LogP contribution in [0.25, 0.3) is 49.7 Å². The summed E-state index contributed by atoms with van der Waals surface area (Å²) >= 11 is 0. The molecule has 6 aromatic rings. The second kappa shape index (κ2) is 7.20. The molecule has 0 radical (unpaired) electrons. The van der Waals surface area contributed by atoms with Crippen LogP contribution in [0.2, 0.25) is 0 Å². The van der Waals surface area contributed by atoms with Gasteiger partial charge in [0, 0.05) is 21.9 Å². The number of rotatable bonds is 2. The smallest absolute Gasteiger partial charge is 0.0588 e. The lowest BCUT2D eigenvalue weighted by Gasteiger charge is -2.23. The Morgan fingerprint density at radius 3 is 2.20 bits per heavy atom. The van der Waals surface area contributed by atoms with E-state index < -0.39 is 0 Å². The second-order valence-electron chi connectivity index (χ2n) is 10.3. The van der Waals surface area contributed by atoms with Gasteiger partial charge in [-0.25, -0.2) is 0 Å². The second-order valence-corrected chi connectivity index (χ2v) is 10.3. The van der Waals surface area contributed by atoms with Crippen LogP contribution in [0.1, 0.15) is 30.5 Å². The average molecular weight is 450 g/mol. The molecule has 0 N–H and O–H groups in total. The fourth-order valence-electron chi connectivity index (χ4n) is 6.23. The van der Waals surface area contributed by atoms with E-state index in [1.165, 1.54) is 66.4 Å². The Labute approximate surface area is 206 Å². The van der Waals surface area contributed by atoms with Gasteiger partial charge < -0.3 is 4.57 Å². The van der Waals surface area contributed by atoms with E-state index in [-0.39, 0.29) is 5.41 Å². The highest BCUT2D eigenvalue weighted by Gasteiger charge is 2.38. The SMILES string of the molecule is Cc1cccc(-c2cccc(-n3c4ccccc4c4ccc5c(c43)C(C)(C)c3ccccc3-5)c2)c1. The molecule has 1 heteroatoms. The lowest BCUT2D eigenvalue weighted by molar-refractivity contribution is 0.664. The molecular formula is C34H27N. The quantitative estimate of drug-likeness (QED) is 0.248. The van der Waals surface area contributed by atoms with Crippen LogP contribution in [0.5, 0.6) is 0 Å². The summed E-state index contributed by atoms with van der Waals surface area (Å²) in [6.45, 7) is 6.91. The topological polar surface area (TPSA) is 4.93 Å². The van der Waals surface area contributed by atoms with Crippen molar-refractivity contribution in [3.05, 3.63) is 126 Å². The molecule has 0 amide bonds. The highest BCUT2D eigenvalue weighted by Crippen LogP contribution is 2.52. The van der Waals surface area contributed by atoms with Gasteiger partial charge in [-0.05, 0) is 58.5 Å². The Bertz CT molecular complexity index is 1780. The summed E-state index contributed by atoms with van der Waals surface area (Å²) in [7, 11) is 0. The Balaban J connectivity index is 1.59. The predicted molar refractivity (Wildman–Crippen MR) is 149 cm³/mol. The van der Waals surface area contributed by atoms with E-state index in [0.29, 0.717) is 0 Å². The number of fused-ring (bicyclic) bond motifs is 7. The zero-order valence-electron chi connectivity index (χ0n) is 20.3. The van der Waals surface area contributed by atoms with Gasteiger partial charge in [0.15, 0.2) is 0 Å². The van der Waals surface area contributed by atoms with E-state index in [0.717, 1.165) is 0 Å².